The maximum Gasteiger partial charge on any atom is 0.257 e. The molecule has 0 N–H and O–H groups in total. The molecule has 1 fully saturated rings. The number of nitrogens with zero attached hydrogens (tertiary/aromatic N) is 2. The molecule has 27 heavy (non-hydrogen) atoms. The zero-order chi connectivity index (χ0) is 19.4. The molecular weight excluding hydrogens is 340 g/mol. The molecule has 0 radical (unpaired) electrons. The van der Waals surface area contributed by atoms with Gasteiger partial charge in [0.15, 0.2) is 5.78 Å². The van der Waals surface area contributed by atoms with Gasteiger partial charge in [-0.1, -0.05) is 35.9 Å². The van der Waals surface area contributed by atoms with E-state index in [0.717, 1.165) is 16.7 Å². The lowest BCUT2D eigenvalue weighted by Gasteiger charge is -2.34. The number of ether oxygens (including phenoxy) is 1. The van der Waals surface area contributed by atoms with Gasteiger partial charge in [0.05, 0.1) is 19.2 Å². The Morgan fingerprint density at radius 1 is 0.963 bits per heavy atom. The molecule has 0 bridgehead atoms. The summed E-state index contributed by atoms with van der Waals surface area (Å²) in [7, 11) is 1.57. The number of carbonyl (C=O) groups excluding carboxylic acids is 2. The molecule has 0 unspecified atom stereocenters. The van der Waals surface area contributed by atoms with Gasteiger partial charge in [-0.25, -0.2) is 0 Å². The van der Waals surface area contributed by atoms with E-state index in [-0.39, 0.29) is 11.7 Å². The first-order valence-electron chi connectivity index (χ1n) is 9.24. The van der Waals surface area contributed by atoms with Gasteiger partial charge in [-0.05, 0) is 31.5 Å². The van der Waals surface area contributed by atoms with E-state index in [1.54, 1.807) is 19.2 Å². The first kappa shape index (κ1) is 19.1. The lowest BCUT2D eigenvalue weighted by Crippen LogP contribution is -2.50. The highest BCUT2D eigenvalue weighted by atomic mass is 16.5. The highest BCUT2D eigenvalue weighted by molar-refractivity contribution is 5.99. The normalized spacial score (nSPS) is 14.9. The Kier molecular flexibility index (Phi) is 5.91. The smallest absolute Gasteiger partial charge is 0.257 e. The Morgan fingerprint density at radius 3 is 2.33 bits per heavy atom. The van der Waals surface area contributed by atoms with Crippen molar-refractivity contribution in [2.24, 2.45) is 0 Å². The van der Waals surface area contributed by atoms with Crippen molar-refractivity contribution in [1.29, 1.82) is 0 Å². The minimum absolute atomic E-state index is 0.0206. The fourth-order valence-electron chi connectivity index (χ4n) is 3.52. The quantitative estimate of drug-likeness (QED) is 0.764. The molecule has 0 spiro atoms. The Bertz CT molecular complexity index is 839. The minimum atomic E-state index is -0.0206. The van der Waals surface area contributed by atoms with Crippen LogP contribution < -0.4 is 4.74 Å². The fraction of sp³-hybridized carbons (Fsp3) is 0.364. The Morgan fingerprint density at radius 2 is 1.67 bits per heavy atom. The summed E-state index contributed by atoms with van der Waals surface area (Å²) in [6.07, 6.45) is 0. The maximum absolute atomic E-state index is 12.8. The number of ketones is 1. The maximum atomic E-state index is 12.8. The van der Waals surface area contributed by atoms with Gasteiger partial charge in [-0.2, -0.15) is 0 Å². The third-order valence-electron chi connectivity index (χ3n) is 5.05. The number of hydrogen-bond acceptors (Lipinski definition) is 4. The summed E-state index contributed by atoms with van der Waals surface area (Å²) in [4.78, 5) is 29.3. The molecule has 1 aliphatic heterocycles. The SMILES string of the molecule is COc1ccccc1C(=O)N1CCN(CC(=O)c2ccc(C)cc2C)CC1. The number of amides is 1. The van der Waals surface area contributed by atoms with Crippen LogP contribution in [0.2, 0.25) is 0 Å². The van der Waals surface area contributed by atoms with Crippen molar-refractivity contribution in [2.45, 2.75) is 13.8 Å². The number of Topliss-reactive ketones (excluding diaryl/α,β-unsaturated/α-hetero) is 1. The van der Waals surface area contributed by atoms with E-state index in [0.29, 0.717) is 44.0 Å². The van der Waals surface area contributed by atoms with Crippen molar-refractivity contribution >= 4 is 11.7 Å². The summed E-state index contributed by atoms with van der Waals surface area (Å²) >= 11 is 0. The second kappa shape index (κ2) is 8.35. The number of benzene rings is 2. The first-order valence-corrected chi connectivity index (χ1v) is 9.24. The van der Waals surface area contributed by atoms with E-state index in [1.807, 2.05) is 49.1 Å². The molecule has 2 aromatic carbocycles. The molecule has 0 atom stereocenters. The number of aryl methyl sites for hydroxylation is 2. The third kappa shape index (κ3) is 4.37. The van der Waals surface area contributed by atoms with Crippen LogP contribution in [0.1, 0.15) is 31.8 Å². The lowest BCUT2D eigenvalue weighted by atomic mass is 10.0. The minimum Gasteiger partial charge on any atom is -0.496 e. The van der Waals surface area contributed by atoms with Crippen LogP contribution in [0.3, 0.4) is 0 Å². The van der Waals surface area contributed by atoms with Crippen LogP contribution in [0.15, 0.2) is 42.5 Å². The fourth-order valence-corrected chi connectivity index (χ4v) is 3.52. The van der Waals surface area contributed by atoms with Crippen LogP contribution in [0, 0.1) is 13.8 Å². The van der Waals surface area contributed by atoms with E-state index in [9.17, 15) is 9.59 Å². The Hall–Kier alpha value is -2.66. The van der Waals surface area contributed by atoms with Gasteiger partial charge in [-0.3, -0.25) is 14.5 Å². The van der Waals surface area contributed by atoms with Gasteiger partial charge in [0.2, 0.25) is 0 Å². The van der Waals surface area contributed by atoms with Crippen molar-refractivity contribution in [1.82, 2.24) is 9.80 Å². The second-order valence-electron chi connectivity index (χ2n) is 7.01. The van der Waals surface area contributed by atoms with Crippen molar-refractivity contribution < 1.29 is 14.3 Å². The number of para-hydroxylation sites is 1. The summed E-state index contributed by atoms with van der Waals surface area (Å²) in [5, 5.41) is 0. The highest BCUT2D eigenvalue weighted by Crippen LogP contribution is 2.20. The molecule has 5 nitrogen and oxygen atoms in total. The lowest BCUT2D eigenvalue weighted by molar-refractivity contribution is 0.0621. The molecule has 2 aromatic rings. The van der Waals surface area contributed by atoms with Gasteiger partial charge in [0, 0.05) is 31.7 Å². The van der Waals surface area contributed by atoms with Gasteiger partial charge in [0.25, 0.3) is 5.91 Å². The Balaban J connectivity index is 1.58. The van der Waals surface area contributed by atoms with Gasteiger partial charge >= 0.3 is 0 Å². The summed E-state index contributed by atoms with van der Waals surface area (Å²) in [6, 6.07) is 13.2. The predicted octanol–water partition coefficient (Wildman–Crippen LogP) is 2.95. The summed E-state index contributed by atoms with van der Waals surface area (Å²) in [6.45, 7) is 6.99. The van der Waals surface area contributed by atoms with Crippen LogP contribution in [0.4, 0.5) is 0 Å². The van der Waals surface area contributed by atoms with E-state index in [4.69, 9.17) is 4.74 Å². The van der Waals surface area contributed by atoms with Crippen molar-refractivity contribution in [3.05, 3.63) is 64.7 Å². The molecule has 0 aliphatic carbocycles. The standard InChI is InChI=1S/C22H26N2O3/c1-16-8-9-18(17(2)14-16)20(25)15-23-10-12-24(13-11-23)22(26)19-6-4-5-7-21(19)27-3/h4-9,14H,10-13,15H2,1-3H3. The summed E-state index contributed by atoms with van der Waals surface area (Å²) in [5.41, 5.74) is 3.55. The number of piperazine rings is 1. The molecule has 0 saturated carbocycles. The topological polar surface area (TPSA) is 49.9 Å². The molecule has 5 heteroatoms. The predicted molar refractivity (Wildman–Crippen MR) is 106 cm³/mol. The van der Waals surface area contributed by atoms with Crippen LogP contribution in [-0.4, -0.2) is 61.3 Å². The summed E-state index contributed by atoms with van der Waals surface area (Å²) in [5.74, 6) is 0.708. The van der Waals surface area contributed by atoms with Crippen molar-refractivity contribution in [3.8, 4) is 5.75 Å². The van der Waals surface area contributed by atoms with E-state index < -0.39 is 0 Å². The number of methoxy groups -OCH3 is 1. The molecule has 1 heterocycles. The van der Waals surface area contributed by atoms with Crippen molar-refractivity contribution in [3.63, 3.8) is 0 Å². The monoisotopic (exact) mass is 366 g/mol. The van der Waals surface area contributed by atoms with Gasteiger partial charge in [0.1, 0.15) is 5.75 Å². The van der Waals surface area contributed by atoms with Crippen LogP contribution in [-0.2, 0) is 0 Å². The summed E-state index contributed by atoms with van der Waals surface area (Å²) < 4.78 is 5.30. The van der Waals surface area contributed by atoms with Crippen LogP contribution >= 0.6 is 0 Å². The molecule has 1 amide bonds. The molecule has 3 rings (SSSR count). The van der Waals surface area contributed by atoms with Gasteiger partial charge < -0.3 is 9.64 Å². The average molecular weight is 366 g/mol. The second-order valence-corrected chi connectivity index (χ2v) is 7.01. The van der Waals surface area contributed by atoms with Crippen LogP contribution in [0.25, 0.3) is 0 Å². The molecule has 0 aromatic heterocycles. The van der Waals surface area contributed by atoms with Crippen LogP contribution in [0.5, 0.6) is 5.75 Å². The number of carbonyl (C=O) groups is 2. The van der Waals surface area contributed by atoms with Crippen molar-refractivity contribution in [2.75, 3.05) is 39.8 Å². The van der Waals surface area contributed by atoms with E-state index in [2.05, 4.69) is 4.90 Å². The zero-order valence-electron chi connectivity index (χ0n) is 16.2. The molecule has 142 valence electrons. The zero-order valence-corrected chi connectivity index (χ0v) is 16.2. The molecule has 1 saturated heterocycles. The highest BCUT2D eigenvalue weighted by Gasteiger charge is 2.25. The van der Waals surface area contributed by atoms with E-state index in [1.165, 1.54) is 0 Å². The largest absolute Gasteiger partial charge is 0.496 e. The molecule has 1 aliphatic rings. The first-order chi connectivity index (χ1) is 13.0. The van der Waals surface area contributed by atoms with Gasteiger partial charge in [-0.15, -0.1) is 0 Å². The van der Waals surface area contributed by atoms with E-state index >= 15 is 0 Å². The Labute approximate surface area is 160 Å². The third-order valence-corrected chi connectivity index (χ3v) is 5.05. The number of rotatable bonds is 5. The molecular formula is C22H26N2O3. The average Bonchev–Trinajstić information content (AvgIpc) is 2.68. The number of hydrogen-bond donors (Lipinski definition) is 0.